The Morgan fingerprint density at radius 1 is 0.929 bits per heavy atom. The summed E-state index contributed by atoms with van der Waals surface area (Å²) < 4.78 is 0. The molecule has 3 N–H and O–H groups in total. The Bertz CT molecular complexity index is 1070. The summed E-state index contributed by atoms with van der Waals surface area (Å²) in [6.07, 6.45) is 0. The van der Waals surface area contributed by atoms with Crippen LogP contribution >= 0.6 is 0 Å². The van der Waals surface area contributed by atoms with Crippen LogP contribution in [-0.4, -0.2) is 22.9 Å². The van der Waals surface area contributed by atoms with Crippen molar-refractivity contribution in [2.75, 3.05) is 5.32 Å². The third kappa shape index (κ3) is 4.17. The van der Waals surface area contributed by atoms with Gasteiger partial charge in [-0.2, -0.15) is 0 Å². The Balaban J connectivity index is 1.90. The van der Waals surface area contributed by atoms with Crippen molar-refractivity contribution in [3.05, 3.63) is 77.4 Å². The first-order valence-electron chi connectivity index (χ1n) is 8.79. The minimum Gasteiger partial charge on any atom is -0.478 e. The summed E-state index contributed by atoms with van der Waals surface area (Å²) in [4.78, 5) is 35.4. The van der Waals surface area contributed by atoms with Crippen LogP contribution in [0.5, 0.6) is 0 Å². The lowest BCUT2D eigenvalue weighted by Crippen LogP contribution is -2.27. The van der Waals surface area contributed by atoms with Gasteiger partial charge in [0.15, 0.2) is 0 Å². The molecule has 0 aromatic heterocycles. The summed E-state index contributed by atoms with van der Waals surface area (Å²) in [6, 6.07) is 17.5. The molecule has 0 saturated carbocycles. The summed E-state index contributed by atoms with van der Waals surface area (Å²) >= 11 is 0. The molecule has 0 fully saturated rings. The first-order chi connectivity index (χ1) is 13.3. The first kappa shape index (κ1) is 19.1. The number of rotatable bonds is 5. The van der Waals surface area contributed by atoms with Gasteiger partial charge in [-0.1, -0.05) is 42.5 Å². The number of carbonyl (C=O) groups excluding carboxylic acids is 2. The highest BCUT2D eigenvalue weighted by Gasteiger charge is 2.16. The molecule has 3 rings (SSSR count). The monoisotopic (exact) mass is 376 g/mol. The van der Waals surface area contributed by atoms with Gasteiger partial charge in [-0.25, -0.2) is 4.79 Å². The molecule has 0 radical (unpaired) electrons. The van der Waals surface area contributed by atoms with E-state index < -0.39 is 11.9 Å². The lowest BCUT2D eigenvalue weighted by molar-refractivity contribution is -0.114. The van der Waals surface area contributed by atoms with Crippen molar-refractivity contribution in [3.8, 4) is 0 Å². The molecular weight excluding hydrogens is 356 g/mol. The van der Waals surface area contributed by atoms with E-state index in [2.05, 4.69) is 10.6 Å². The summed E-state index contributed by atoms with van der Waals surface area (Å²) in [5, 5.41) is 16.8. The zero-order valence-corrected chi connectivity index (χ0v) is 15.5. The number of hydrogen-bond acceptors (Lipinski definition) is 3. The number of nitrogens with one attached hydrogen (secondary N) is 2. The third-order valence-electron chi connectivity index (χ3n) is 4.40. The molecule has 142 valence electrons. The van der Waals surface area contributed by atoms with Gasteiger partial charge in [-0.15, -0.1) is 0 Å². The quantitative estimate of drug-likeness (QED) is 0.627. The average Bonchev–Trinajstić information content (AvgIpc) is 2.66. The predicted octanol–water partition coefficient (Wildman–Crippen LogP) is 3.99. The Morgan fingerprint density at radius 2 is 1.61 bits per heavy atom. The van der Waals surface area contributed by atoms with Crippen molar-refractivity contribution in [2.45, 2.75) is 19.9 Å². The van der Waals surface area contributed by atoms with Crippen LogP contribution in [0.4, 0.5) is 5.69 Å². The molecule has 0 saturated heterocycles. The van der Waals surface area contributed by atoms with Gasteiger partial charge in [0.05, 0.1) is 11.6 Å². The Labute approximate surface area is 162 Å². The minimum atomic E-state index is -1.18. The van der Waals surface area contributed by atoms with Crippen LogP contribution < -0.4 is 10.6 Å². The van der Waals surface area contributed by atoms with Crippen LogP contribution in [0, 0.1) is 0 Å². The van der Waals surface area contributed by atoms with Gasteiger partial charge in [0.25, 0.3) is 5.91 Å². The van der Waals surface area contributed by atoms with E-state index in [1.165, 1.54) is 25.1 Å². The fourth-order valence-corrected chi connectivity index (χ4v) is 3.14. The lowest BCUT2D eigenvalue weighted by atomic mass is 9.99. The molecule has 2 amide bonds. The van der Waals surface area contributed by atoms with Gasteiger partial charge in [-0.05, 0) is 41.5 Å². The summed E-state index contributed by atoms with van der Waals surface area (Å²) in [5.41, 5.74) is 1.31. The van der Waals surface area contributed by atoms with Gasteiger partial charge >= 0.3 is 5.97 Å². The van der Waals surface area contributed by atoms with E-state index in [-0.39, 0.29) is 28.8 Å². The molecule has 0 aliphatic carbocycles. The largest absolute Gasteiger partial charge is 0.478 e. The number of carboxylic acid groups (broad SMARTS) is 1. The number of carbonyl (C=O) groups is 3. The lowest BCUT2D eigenvalue weighted by Gasteiger charge is -2.17. The Morgan fingerprint density at radius 3 is 2.32 bits per heavy atom. The highest BCUT2D eigenvalue weighted by Crippen LogP contribution is 2.24. The van der Waals surface area contributed by atoms with Gasteiger partial charge < -0.3 is 15.7 Å². The normalized spacial score (nSPS) is 11.6. The Hall–Kier alpha value is -3.67. The molecule has 3 aromatic rings. The summed E-state index contributed by atoms with van der Waals surface area (Å²) in [6.45, 7) is 3.19. The molecule has 3 aromatic carbocycles. The van der Waals surface area contributed by atoms with E-state index in [0.717, 1.165) is 16.3 Å². The van der Waals surface area contributed by atoms with Crippen LogP contribution in [-0.2, 0) is 4.79 Å². The zero-order chi connectivity index (χ0) is 20.3. The van der Waals surface area contributed by atoms with Crippen LogP contribution in [0.15, 0.2) is 60.7 Å². The molecule has 0 heterocycles. The van der Waals surface area contributed by atoms with Crippen LogP contribution in [0.3, 0.4) is 0 Å². The van der Waals surface area contributed by atoms with Crippen LogP contribution in [0.25, 0.3) is 10.8 Å². The number of anilines is 1. The van der Waals surface area contributed by atoms with E-state index in [4.69, 9.17) is 0 Å². The molecule has 0 spiro atoms. The zero-order valence-electron chi connectivity index (χ0n) is 15.5. The smallest absolute Gasteiger partial charge is 0.335 e. The van der Waals surface area contributed by atoms with Crippen molar-refractivity contribution < 1.29 is 19.5 Å². The van der Waals surface area contributed by atoms with Gasteiger partial charge in [0, 0.05) is 18.2 Å². The topological polar surface area (TPSA) is 95.5 Å². The average molecular weight is 376 g/mol. The van der Waals surface area contributed by atoms with Crippen molar-refractivity contribution in [1.29, 1.82) is 0 Å². The minimum absolute atomic E-state index is 0.0748. The van der Waals surface area contributed by atoms with E-state index in [0.29, 0.717) is 0 Å². The Kier molecular flexibility index (Phi) is 5.40. The number of benzene rings is 3. The predicted molar refractivity (Wildman–Crippen MR) is 108 cm³/mol. The number of amides is 2. The van der Waals surface area contributed by atoms with Crippen molar-refractivity contribution in [2.24, 2.45) is 0 Å². The maximum Gasteiger partial charge on any atom is 0.335 e. The van der Waals surface area contributed by atoms with Crippen molar-refractivity contribution >= 4 is 34.2 Å². The van der Waals surface area contributed by atoms with Crippen molar-refractivity contribution in [1.82, 2.24) is 5.32 Å². The van der Waals surface area contributed by atoms with E-state index in [1.807, 2.05) is 49.4 Å². The van der Waals surface area contributed by atoms with E-state index in [1.54, 1.807) is 0 Å². The molecule has 0 bridgehead atoms. The molecule has 28 heavy (non-hydrogen) atoms. The van der Waals surface area contributed by atoms with E-state index in [9.17, 15) is 19.5 Å². The SMILES string of the molecule is CC(=O)Nc1cc(C(=O)O)cc(C(=O)N[C@H](C)c2cccc3ccccc23)c1. The number of hydrogen-bond donors (Lipinski definition) is 3. The van der Waals surface area contributed by atoms with Gasteiger partial charge in [0.1, 0.15) is 0 Å². The maximum absolute atomic E-state index is 12.8. The maximum atomic E-state index is 12.8. The van der Waals surface area contributed by atoms with E-state index >= 15 is 0 Å². The number of fused-ring (bicyclic) bond motifs is 1. The second-order valence-electron chi connectivity index (χ2n) is 6.55. The third-order valence-corrected chi connectivity index (χ3v) is 4.40. The fraction of sp³-hybridized carbons (Fsp3) is 0.136. The van der Waals surface area contributed by atoms with Crippen molar-refractivity contribution in [3.63, 3.8) is 0 Å². The fourth-order valence-electron chi connectivity index (χ4n) is 3.14. The highest BCUT2D eigenvalue weighted by molar-refractivity contribution is 6.01. The van der Waals surface area contributed by atoms with Crippen LogP contribution in [0.1, 0.15) is 46.2 Å². The second-order valence-corrected chi connectivity index (χ2v) is 6.55. The second kappa shape index (κ2) is 7.92. The standard InChI is InChI=1S/C22H20N2O4/c1-13(19-9-5-7-15-6-3-4-8-20(15)19)23-21(26)16-10-17(22(27)28)12-18(11-16)24-14(2)25/h3-13H,1-2H3,(H,23,26)(H,24,25)(H,27,28)/t13-/m1/s1. The first-order valence-corrected chi connectivity index (χ1v) is 8.79. The molecule has 6 heteroatoms. The van der Waals surface area contributed by atoms with Gasteiger partial charge in [0.2, 0.25) is 5.91 Å². The summed E-state index contributed by atoms with van der Waals surface area (Å²) in [7, 11) is 0. The van der Waals surface area contributed by atoms with Gasteiger partial charge in [-0.3, -0.25) is 9.59 Å². The molecule has 1 atom stereocenters. The molecule has 0 unspecified atom stereocenters. The molecular formula is C22H20N2O4. The number of carboxylic acids is 1. The molecule has 0 aliphatic heterocycles. The molecule has 0 aliphatic rings. The number of aromatic carboxylic acids is 1. The molecule has 6 nitrogen and oxygen atoms in total. The van der Waals surface area contributed by atoms with Crippen LogP contribution in [0.2, 0.25) is 0 Å². The summed E-state index contributed by atoms with van der Waals surface area (Å²) in [5.74, 6) is -1.95. The highest BCUT2D eigenvalue weighted by atomic mass is 16.4.